The highest BCUT2D eigenvalue weighted by Crippen LogP contribution is 2.35. The smallest absolute Gasteiger partial charge is 0.341 e. The van der Waals surface area contributed by atoms with E-state index in [4.69, 9.17) is 16.3 Å². The Bertz CT molecular complexity index is 1200. The molecule has 0 saturated heterocycles. The Morgan fingerprint density at radius 2 is 1.91 bits per heavy atom. The maximum atomic E-state index is 13.2. The molecule has 3 aromatic rings. The highest BCUT2D eigenvalue weighted by atomic mass is 35.5. The van der Waals surface area contributed by atoms with Crippen LogP contribution in [0, 0.1) is 13.8 Å². The molecule has 0 aliphatic rings. The zero-order chi connectivity index (χ0) is 23.6. The predicted molar refractivity (Wildman–Crippen MR) is 125 cm³/mol. The van der Waals surface area contributed by atoms with Crippen LogP contribution in [0.4, 0.5) is 5.00 Å². The fourth-order valence-electron chi connectivity index (χ4n) is 3.48. The van der Waals surface area contributed by atoms with Crippen LogP contribution in [-0.4, -0.2) is 51.8 Å². The van der Waals surface area contributed by atoms with Gasteiger partial charge in [0.2, 0.25) is 0 Å². The lowest BCUT2D eigenvalue weighted by Gasteiger charge is -2.18. The number of carbonyl (C=O) groups excluding carboxylic acids is 3. The van der Waals surface area contributed by atoms with Crippen LogP contribution in [0.1, 0.15) is 62.5 Å². The number of imidazole rings is 1. The van der Waals surface area contributed by atoms with E-state index in [-0.39, 0.29) is 23.1 Å². The molecule has 3 aromatic heterocycles. The first kappa shape index (κ1) is 23.7. The van der Waals surface area contributed by atoms with Crippen molar-refractivity contribution < 1.29 is 19.1 Å². The molecule has 0 saturated carbocycles. The van der Waals surface area contributed by atoms with E-state index in [1.54, 1.807) is 48.4 Å². The number of nitrogens with zero attached hydrogens (tertiary/aromatic N) is 3. The first-order valence-corrected chi connectivity index (χ1v) is 11.5. The van der Waals surface area contributed by atoms with Crippen LogP contribution < -0.4 is 5.32 Å². The largest absolute Gasteiger partial charge is 0.462 e. The number of rotatable bonds is 7. The van der Waals surface area contributed by atoms with Crippen LogP contribution in [0.3, 0.4) is 0 Å². The Labute approximate surface area is 195 Å². The third kappa shape index (κ3) is 4.35. The van der Waals surface area contributed by atoms with Gasteiger partial charge in [0.1, 0.15) is 16.3 Å². The van der Waals surface area contributed by atoms with E-state index in [0.717, 1.165) is 11.3 Å². The van der Waals surface area contributed by atoms with Crippen molar-refractivity contribution in [1.82, 2.24) is 14.3 Å². The van der Waals surface area contributed by atoms with Crippen molar-refractivity contribution in [3.05, 3.63) is 50.7 Å². The van der Waals surface area contributed by atoms with E-state index >= 15 is 0 Å². The summed E-state index contributed by atoms with van der Waals surface area (Å²) >= 11 is 7.11. The molecule has 0 bridgehead atoms. The van der Waals surface area contributed by atoms with Crippen LogP contribution in [0.5, 0.6) is 0 Å². The SMILES string of the molecule is CCOC(=O)c1c(NC(=O)c2c(C)nc3cc(Cl)ccn23)sc(C(=O)N(CC)CC)c1C. The summed E-state index contributed by atoms with van der Waals surface area (Å²) in [6.07, 6.45) is 1.66. The highest BCUT2D eigenvalue weighted by molar-refractivity contribution is 7.18. The van der Waals surface area contributed by atoms with Gasteiger partial charge < -0.3 is 15.0 Å². The molecule has 3 heterocycles. The van der Waals surface area contributed by atoms with Crippen LogP contribution in [0.25, 0.3) is 5.65 Å². The number of thiophene rings is 1. The number of esters is 1. The van der Waals surface area contributed by atoms with Gasteiger partial charge >= 0.3 is 5.97 Å². The Morgan fingerprint density at radius 3 is 2.53 bits per heavy atom. The van der Waals surface area contributed by atoms with Gasteiger partial charge in [-0.15, -0.1) is 11.3 Å². The summed E-state index contributed by atoms with van der Waals surface area (Å²) in [6, 6.07) is 3.32. The maximum Gasteiger partial charge on any atom is 0.341 e. The number of ether oxygens (including phenoxy) is 1. The van der Waals surface area contributed by atoms with Crippen molar-refractivity contribution in [2.24, 2.45) is 0 Å². The van der Waals surface area contributed by atoms with Gasteiger partial charge in [-0.1, -0.05) is 11.6 Å². The number of pyridine rings is 1. The van der Waals surface area contributed by atoms with Gasteiger partial charge in [0.05, 0.1) is 22.7 Å². The number of hydrogen-bond donors (Lipinski definition) is 1. The van der Waals surface area contributed by atoms with Crippen molar-refractivity contribution >= 4 is 51.4 Å². The topological polar surface area (TPSA) is 93.0 Å². The van der Waals surface area contributed by atoms with E-state index in [2.05, 4.69) is 10.3 Å². The molecule has 1 N–H and O–H groups in total. The minimum atomic E-state index is -0.586. The minimum Gasteiger partial charge on any atom is -0.462 e. The number of halogens is 1. The van der Waals surface area contributed by atoms with Crippen LogP contribution >= 0.6 is 22.9 Å². The number of hydrogen-bond acceptors (Lipinski definition) is 6. The average Bonchev–Trinajstić information content (AvgIpc) is 3.24. The monoisotopic (exact) mass is 476 g/mol. The lowest BCUT2D eigenvalue weighted by atomic mass is 10.1. The van der Waals surface area contributed by atoms with Gasteiger partial charge in [-0.25, -0.2) is 9.78 Å². The minimum absolute atomic E-state index is 0.175. The van der Waals surface area contributed by atoms with E-state index in [0.29, 0.717) is 45.6 Å². The molecule has 0 radical (unpaired) electrons. The Balaban J connectivity index is 2.06. The Morgan fingerprint density at radius 1 is 1.22 bits per heavy atom. The summed E-state index contributed by atoms with van der Waals surface area (Å²) in [7, 11) is 0. The number of fused-ring (bicyclic) bond motifs is 1. The maximum absolute atomic E-state index is 13.2. The van der Waals surface area contributed by atoms with Gasteiger partial charge in [-0.05, 0) is 46.2 Å². The molecule has 0 aliphatic heterocycles. The molecule has 3 rings (SSSR count). The van der Waals surface area contributed by atoms with Crippen LogP contribution in [0.15, 0.2) is 18.3 Å². The van der Waals surface area contributed by atoms with Gasteiger partial charge in [0.25, 0.3) is 11.8 Å². The molecular weight excluding hydrogens is 452 g/mol. The lowest BCUT2D eigenvalue weighted by molar-refractivity contribution is 0.0527. The molecule has 0 atom stereocenters. The first-order valence-electron chi connectivity index (χ1n) is 10.3. The Kier molecular flexibility index (Phi) is 7.20. The molecular formula is C22H25ClN4O4S. The summed E-state index contributed by atoms with van der Waals surface area (Å²) in [4.78, 5) is 45.4. The fourth-order valence-corrected chi connectivity index (χ4v) is 4.79. The second kappa shape index (κ2) is 9.70. The molecule has 170 valence electrons. The summed E-state index contributed by atoms with van der Waals surface area (Å²) in [5.41, 5.74) is 2.03. The van der Waals surface area contributed by atoms with E-state index in [1.807, 2.05) is 13.8 Å². The van der Waals surface area contributed by atoms with Crippen LogP contribution in [0.2, 0.25) is 5.02 Å². The van der Waals surface area contributed by atoms with Crippen molar-refractivity contribution in [2.45, 2.75) is 34.6 Å². The quantitative estimate of drug-likeness (QED) is 0.504. The van der Waals surface area contributed by atoms with Crippen molar-refractivity contribution in [3.63, 3.8) is 0 Å². The number of carbonyl (C=O) groups is 3. The van der Waals surface area contributed by atoms with Gasteiger partial charge in [-0.3, -0.25) is 14.0 Å². The summed E-state index contributed by atoms with van der Waals surface area (Å²) in [5.74, 6) is -1.23. The molecule has 0 unspecified atom stereocenters. The number of nitrogens with one attached hydrogen (secondary N) is 1. The Hall–Kier alpha value is -2.91. The van der Waals surface area contributed by atoms with E-state index < -0.39 is 11.9 Å². The molecule has 8 nitrogen and oxygen atoms in total. The zero-order valence-electron chi connectivity index (χ0n) is 18.6. The molecule has 0 spiro atoms. The summed E-state index contributed by atoms with van der Waals surface area (Å²) in [5, 5.41) is 3.58. The van der Waals surface area contributed by atoms with Gasteiger partial charge in [-0.2, -0.15) is 0 Å². The molecule has 0 aromatic carbocycles. The zero-order valence-corrected chi connectivity index (χ0v) is 20.2. The number of aromatic nitrogens is 2. The number of amides is 2. The lowest BCUT2D eigenvalue weighted by Crippen LogP contribution is -2.30. The average molecular weight is 477 g/mol. The summed E-state index contributed by atoms with van der Waals surface area (Å²) < 4.78 is 6.82. The third-order valence-electron chi connectivity index (χ3n) is 5.08. The molecule has 0 fully saturated rings. The summed E-state index contributed by atoms with van der Waals surface area (Å²) in [6.45, 7) is 10.1. The van der Waals surface area contributed by atoms with Gasteiger partial charge in [0.15, 0.2) is 0 Å². The standard InChI is InChI=1S/C22H25ClN4O4S/c1-6-26(7-2)21(29)18-12(4)16(22(30)31-8-3)20(32-18)25-19(28)17-13(5)24-15-11-14(23)9-10-27(15)17/h9-11H,6-8H2,1-5H3,(H,25,28). The van der Waals surface area contributed by atoms with E-state index in [9.17, 15) is 14.4 Å². The van der Waals surface area contributed by atoms with Crippen molar-refractivity contribution in [1.29, 1.82) is 0 Å². The normalized spacial score (nSPS) is 10.9. The third-order valence-corrected chi connectivity index (χ3v) is 6.51. The molecule has 0 aliphatic carbocycles. The first-order chi connectivity index (χ1) is 15.2. The number of anilines is 1. The molecule has 32 heavy (non-hydrogen) atoms. The second-order valence-electron chi connectivity index (χ2n) is 7.03. The molecule has 2 amide bonds. The fraction of sp³-hybridized carbons (Fsp3) is 0.364. The van der Waals surface area contributed by atoms with Crippen LogP contribution in [-0.2, 0) is 4.74 Å². The number of aryl methyl sites for hydroxylation is 1. The van der Waals surface area contributed by atoms with E-state index in [1.165, 1.54) is 0 Å². The predicted octanol–water partition coefficient (Wildman–Crippen LogP) is 4.58. The van der Waals surface area contributed by atoms with Crippen molar-refractivity contribution in [3.8, 4) is 0 Å². The van der Waals surface area contributed by atoms with Gasteiger partial charge in [0, 0.05) is 30.4 Å². The molecule has 10 heteroatoms. The van der Waals surface area contributed by atoms with Crippen molar-refractivity contribution in [2.75, 3.05) is 25.0 Å². The second-order valence-corrected chi connectivity index (χ2v) is 8.49. The highest BCUT2D eigenvalue weighted by Gasteiger charge is 2.29.